The van der Waals surface area contributed by atoms with Gasteiger partial charge in [0.25, 0.3) is 5.91 Å². The minimum Gasteiger partial charge on any atom is -0.452 e. The Hall–Kier alpha value is -1.80. The van der Waals surface area contributed by atoms with Crippen LogP contribution >= 0.6 is 0 Å². The zero-order valence-electron chi connectivity index (χ0n) is 10.8. The summed E-state index contributed by atoms with van der Waals surface area (Å²) < 4.78 is 40.1. The number of ether oxygens (including phenoxy) is 1. The van der Waals surface area contributed by atoms with Crippen molar-refractivity contribution >= 4 is 17.8 Å². The average Bonchev–Trinajstić information content (AvgIpc) is 3.09. The highest BCUT2D eigenvalue weighted by Gasteiger charge is 2.29. The number of carbonyl (C=O) groups is 3. The Kier molecular flexibility index (Phi) is 5.34. The smallest absolute Gasteiger partial charge is 0.405 e. The van der Waals surface area contributed by atoms with Crippen LogP contribution in [-0.4, -0.2) is 42.7 Å². The Morgan fingerprint density at radius 2 is 1.90 bits per heavy atom. The fourth-order valence-electron chi connectivity index (χ4n) is 1.23. The molecule has 0 radical (unpaired) electrons. The van der Waals surface area contributed by atoms with E-state index >= 15 is 0 Å². The molecule has 0 saturated heterocycles. The molecular weight excluding hydrogens is 281 g/mol. The van der Waals surface area contributed by atoms with E-state index in [0.29, 0.717) is 0 Å². The summed E-state index contributed by atoms with van der Waals surface area (Å²) in [5, 5.41) is 4.12. The Balaban J connectivity index is 2.24. The fraction of sp³-hybridized carbons (Fsp3) is 0.727. The van der Waals surface area contributed by atoms with Crippen molar-refractivity contribution in [1.29, 1.82) is 0 Å². The van der Waals surface area contributed by atoms with E-state index in [1.54, 1.807) is 0 Å². The molecule has 0 bridgehead atoms. The van der Waals surface area contributed by atoms with E-state index in [1.165, 1.54) is 12.2 Å². The van der Waals surface area contributed by atoms with E-state index in [4.69, 9.17) is 0 Å². The number of carbonyl (C=O) groups excluding carboxylic acids is 3. The van der Waals surface area contributed by atoms with Gasteiger partial charge in [0.15, 0.2) is 6.10 Å². The minimum atomic E-state index is -4.54. The molecule has 1 aliphatic carbocycles. The van der Waals surface area contributed by atoms with Crippen molar-refractivity contribution < 1.29 is 32.3 Å². The first-order valence-corrected chi connectivity index (χ1v) is 6.00. The van der Waals surface area contributed by atoms with Crippen LogP contribution in [0.3, 0.4) is 0 Å². The van der Waals surface area contributed by atoms with Crippen molar-refractivity contribution in [2.75, 3.05) is 6.54 Å². The predicted octanol–water partition coefficient (Wildman–Crippen LogP) is 0.265. The van der Waals surface area contributed by atoms with E-state index in [1.807, 2.05) is 0 Å². The SMILES string of the molecule is C[C@H](OC(=O)CC(=O)NCC(F)(F)F)C(=O)NC1CC1. The lowest BCUT2D eigenvalue weighted by atomic mass is 10.3. The molecule has 0 aromatic carbocycles. The van der Waals surface area contributed by atoms with Gasteiger partial charge < -0.3 is 15.4 Å². The molecule has 1 fully saturated rings. The highest BCUT2D eigenvalue weighted by molar-refractivity contribution is 5.95. The summed E-state index contributed by atoms with van der Waals surface area (Å²) in [5.74, 6) is -2.65. The van der Waals surface area contributed by atoms with E-state index in [-0.39, 0.29) is 6.04 Å². The molecule has 114 valence electrons. The van der Waals surface area contributed by atoms with Gasteiger partial charge in [-0.25, -0.2) is 0 Å². The lowest BCUT2D eigenvalue weighted by Gasteiger charge is -2.13. The molecule has 0 aromatic heterocycles. The van der Waals surface area contributed by atoms with Crippen molar-refractivity contribution in [3.63, 3.8) is 0 Å². The lowest BCUT2D eigenvalue weighted by Crippen LogP contribution is -2.39. The number of nitrogens with one attached hydrogen (secondary N) is 2. The van der Waals surface area contributed by atoms with Crippen LogP contribution in [-0.2, 0) is 19.1 Å². The van der Waals surface area contributed by atoms with Gasteiger partial charge >= 0.3 is 12.1 Å². The number of alkyl halides is 3. The van der Waals surface area contributed by atoms with Crippen LogP contribution in [0.5, 0.6) is 0 Å². The Morgan fingerprint density at radius 3 is 2.40 bits per heavy atom. The topological polar surface area (TPSA) is 84.5 Å². The zero-order chi connectivity index (χ0) is 15.3. The van der Waals surface area contributed by atoms with Crippen LogP contribution in [0.25, 0.3) is 0 Å². The molecule has 1 rings (SSSR count). The van der Waals surface area contributed by atoms with E-state index in [9.17, 15) is 27.6 Å². The monoisotopic (exact) mass is 296 g/mol. The highest BCUT2D eigenvalue weighted by Crippen LogP contribution is 2.18. The van der Waals surface area contributed by atoms with Crippen LogP contribution in [0.1, 0.15) is 26.2 Å². The van der Waals surface area contributed by atoms with Gasteiger partial charge in [0.05, 0.1) is 0 Å². The van der Waals surface area contributed by atoms with Crippen LogP contribution in [0.2, 0.25) is 0 Å². The summed E-state index contributed by atoms with van der Waals surface area (Å²) in [6.07, 6.45) is -4.76. The fourth-order valence-corrected chi connectivity index (χ4v) is 1.23. The van der Waals surface area contributed by atoms with Crippen molar-refractivity contribution in [1.82, 2.24) is 10.6 Å². The van der Waals surface area contributed by atoms with Gasteiger partial charge in [-0.05, 0) is 19.8 Å². The predicted molar refractivity (Wildman–Crippen MR) is 60.4 cm³/mol. The quantitative estimate of drug-likeness (QED) is 0.544. The maximum atomic E-state index is 11.8. The first-order valence-electron chi connectivity index (χ1n) is 6.00. The molecule has 0 spiro atoms. The second-order valence-electron chi connectivity index (χ2n) is 4.48. The molecule has 0 heterocycles. The zero-order valence-corrected chi connectivity index (χ0v) is 10.8. The largest absolute Gasteiger partial charge is 0.452 e. The third-order valence-corrected chi connectivity index (χ3v) is 2.39. The molecule has 6 nitrogen and oxygen atoms in total. The summed E-state index contributed by atoms with van der Waals surface area (Å²) in [7, 11) is 0. The molecule has 0 aliphatic heterocycles. The molecule has 20 heavy (non-hydrogen) atoms. The summed E-state index contributed by atoms with van der Waals surface area (Å²) in [5.41, 5.74) is 0. The van der Waals surface area contributed by atoms with Crippen molar-refractivity contribution in [2.24, 2.45) is 0 Å². The van der Waals surface area contributed by atoms with Gasteiger partial charge in [0, 0.05) is 6.04 Å². The van der Waals surface area contributed by atoms with Crippen LogP contribution in [0.15, 0.2) is 0 Å². The Labute approximate surface area is 113 Å². The maximum Gasteiger partial charge on any atom is 0.405 e. The standard InChI is InChI=1S/C11H15F3N2O4/c1-6(10(19)16-7-2-3-7)20-9(18)4-8(17)15-5-11(12,13)14/h6-7H,2-5H2,1H3,(H,15,17)(H,16,19)/t6-/m0/s1. The number of hydrogen-bond donors (Lipinski definition) is 2. The van der Waals surface area contributed by atoms with E-state index in [2.05, 4.69) is 10.1 Å². The minimum absolute atomic E-state index is 0.0961. The van der Waals surface area contributed by atoms with Crippen LogP contribution < -0.4 is 10.6 Å². The first kappa shape index (κ1) is 16.3. The van der Waals surface area contributed by atoms with E-state index in [0.717, 1.165) is 12.8 Å². The number of esters is 1. The average molecular weight is 296 g/mol. The van der Waals surface area contributed by atoms with Crippen LogP contribution in [0, 0.1) is 0 Å². The normalized spacial score (nSPS) is 16.2. The molecule has 0 unspecified atom stereocenters. The molecule has 9 heteroatoms. The highest BCUT2D eigenvalue weighted by atomic mass is 19.4. The maximum absolute atomic E-state index is 11.8. The second-order valence-corrected chi connectivity index (χ2v) is 4.48. The molecule has 1 aliphatic rings. The summed E-state index contributed by atoms with van der Waals surface area (Å²) in [4.78, 5) is 33.7. The summed E-state index contributed by atoms with van der Waals surface area (Å²) in [6, 6.07) is 0.0961. The van der Waals surface area contributed by atoms with Gasteiger partial charge in [-0.2, -0.15) is 13.2 Å². The third-order valence-electron chi connectivity index (χ3n) is 2.39. The third kappa shape index (κ3) is 6.95. The molecule has 2 amide bonds. The summed E-state index contributed by atoms with van der Waals surface area (Å²) >= 11 is 0. The Morgan fingerprint density at radius 1 is 1.30 bits per heavy atom. The van der Waals surface area contributed by atoms with Gasteiger partial charge in [0.1, 0.15) is 13.0 Å². The molecular formula is C11H15F3N2O4. The first-order chi connectivity index (χ1) is 9.17. The number of hydrogen-bond acceptors (Lipinski definition) is 4. The molecule has 2 N–H and O–H groups in total. The second kappa shape index (κ2) is 6.58. The molecule has 1 atom stereocenters. The van der Waals surface area contributed by atoms with Gasteiger partial charge in [-0.15, -0.1) is 0 Å². The summed E-state index contributed by atoms with van der Waals surface area (Å²) in [6.45, 7) is -0.194. The van der Waals surface area contributed by atoms with Gasteiger partial charge in [-0.1, -0.05) is 0 Å². The van der Waals surface area contributed by atoms with E-state index < -0.39 is 43.0 Å². The van der Waals surface area contributed by atoms with Crippen molar-refractivity contribution in [3.8, 4) is 0 Å². The van der Waals surface area contributed by atoms with Crippen molar-refractivity contribution in [2.45, 2.75) is 44.5 Å². The number of halogens is 3. The Bertz CT molecular complexity index is 394. The van der Waals surface area contributed by atoms with Crippen LogP contribution in [0.4, 0.5) is 13.2 Å². The van der Waals surface area contributed by atoms with Gasteiger partial charge in [-0.3, -0.25) is 14.4 Å². The molecule has 0 aromatic rings. The van der Waals surface area contributed by atoms with Gasteiger partial charge in [0.2, 0.25) is 5.91 Å². The molecule has 1 saturated carbocycles. The van der Waals surface area contributed by atoms with Crippen molar-refractivity contribution in [3.05, 3.63) is 0 Å². The lowest BCUT2D eigenvalue weighted by molar-refractivity contribution is -0.157. The number of amides is 2. The number of rotatable bonds is 6.